The summed E-state index contributed by atoms with van der Waals surface area (Å²) in [6.45, 7) is 7.93. The molecular weight excluding hydrogens is 511 g/mol. The van der Waals surface area contributed by atoms with Crippen LogP contribution in [0.5, 0.6) is 5.75 Å². The van der Waals surface area contributed by atoms with Crippen molar-refractivity contribution in [1.82, 2.24) is 4.90 Å². The van der Waals surface area contributed by atoms with Crippen molar-refractivity contribution in [2.24, 2.45) is 5.41 Å². The number of ether oxygens (including phenoxy) is 2. The number of carboxylic acids is 1. The number of cyclic esters (lactones) is 1. The average Bonchev–Trinajstić information content (AvgIpc) is 3.11. The molecule has 0 unspecified atom stereocenters. The predicted molar refractivity (Wildman–Crippen MR) is 140 cm³/mol. The molecular formula is C30H34F3NO5. The van der Waals surface area contributed by atoms with E-state index in [1.54, 1.807) is 44.1 Å². The number of allylic oxidation sites excluding steroid dienone is 1. The third kappa shape index (κ3) is 6.23. The normalized spacial score (nSPS) is 21.2. The Balaban J connectivity index is 1.71. The molecule has 2 aliphatic rings. The van der Waals surface area contributed by atoms with Gasteiger partial charge in [0.15, 0.2) is 0 Å². The highest BCUT2D eigenvalue weighted by Gasteiger charge is 2.42. The van der Waals surface area contributed by atoms with Gasteiger partial charge in [-0.05, 0) is 85.1 Å². The van der Waals surface area contributed by atoms with E-state index in [1.165, 1.54) is 0 Å². The van der Waals surface area contributed by atoms with E-state index < -0.39 is 35.9 Å². The van der Waals surface area contributed by atoms with Gasteiger partial charge in [-0.2, -0.15) is 13.2 Å². The van der Waals surface area contributed by atoms with E-state index in [2.05, 4.69) is 13.8 Å². The second-order valence-electron chi connectivity index (χ2n) is 11.3. The third-order valence-corrected chi connectivity index (χ3v) is 7.62. The summed E-state index contributed by atoms with van der Waals surface area (Å²) in [5.41, 5.74) is 3.39. The van der Waals surface area contributed by atoms with E-state index in [9.17, 15) is 27.9 Å². The van der Waals surface area contributed by atoms with Crippen LogP contribution >= 0.6 is 0 Å². The number of alkyl halides is 3. The molecule has 1 aliphatic carbocycles. The fourth-order valence-electron chi connectivity index (χ4n) is 5.67. The Morgan fingerprint density at radius 3 is 2.56 bits per heavy atom. The number of halogens is 3. The molecule has 1 amide bonds. The van der Waals surface area contributed by atoms with Crippen molar-refractivity contribution in [2.75, 3.05) is 13.7 Å². The first kappa shape index (κ1) is 28.5. The molecule has 9 heteroatoms. The fourth-order valence-corrected chi connectivity index (χ4v) is 5.67. The molecule has 0 spiro atoms. The lowest BCUT2D eigenvalue weighted by atomic mass is 9.72. The highest BCUT2D eigenvalue weighted by Crippen LogP contribution is 2.46. The summed E-state index contributed by atoms with van der Waals surface area (Å²) in [4.78, 5) is 26.0. The van der Waals surface area contributed by atoms with Gasteiger partial charge in [-0.15, -0.1) is 0 Å². The molecule has 6 nitrogen and oxygen atoms in total. The zero-order valence-corrected chi connectivity index (χ0v) is 22.8. The van der Waals surface area contributed by atoms with Gasteiger partial charge in [-0.1, -0.05) is 31.5 Å². The number of hydrogen-bond acceptors (Lipinski definition) is 4. The third-order valence-electron chi connectivity index (χ3n) is 7.62. The smallest absolute Gasteiger partial charge is 0.416 e. The molecule has 2 aromatic rings. The number of aliphatic carboxylic acids is 1. The van der Waals surface area contributed by atoms with Gasteiger partial charge in [0.1, 0.15) is 11.9 Å². The van der Waals surface area contributed by atoms with E-state index in [1.807, 2.05) is 6.07 Å². The Morgan fingerprint density at radius 1 is 1.21 bits per heavy atom. The first-order chi connectivity index (χ1) is 18.2. The summed E-state index contributed by atoms with van der Waals surface area (Å²) in [7, 11) is 1.56. The molecule has 2 atom stereocenters. The summed E-state index contributed by atoms with van der Waals surface area (Å²) in [5.74, 6) is -0.319. The maximum absolute atomic E-state index is 13.5. The number of carboxylic acid groups (broad SMARTS) is 1. The topological polar surface area (TPSA) is 76.1 Å². The van der Waals surface area contributed by atoms with E-state index in [0.717, 1.165) is 35.3 Å². The minimum absolute atomic E-state index is 0.0326. The monoisotopic (exact) mass is 545 g/mol. The first-order valence-electron chi connectivity index (χ1n) is 12.9. The minimum atomic E-state index is -4.51. The molecule has 1 heterocycles. The molecule has 4 rings (SSSR count). The summed E-state index contributed by atoms with van der Waals surface area (Å²) in [5, 5.41) is 9.30. The van der Waals surface area contributed by atoms with Gasteiger partial charge >= 0.3 is 18.2 Å². The van der Waals surface area contributed by atoms with E-state index >= 15 is 0 Å². The van der Waals surface area contributed by atoms with Crippen molar-refractivity contribution in [3.63, 3.8) is 0 Å². The number of aryl methyl sites for hydroxylation is 1. The zero-order valence-electron chi connectivity index (χ0n) is 22.8. The van der Waals surface area contributed by atoms with Crippen LogP contribution in [0, 0.1) is 12.3 Å². The fraction of sp³-hybridized carbons (Fsp3) is 0.467. The predicted octanol–water partition coefficient (Wildman–Crippen LogP) is 7.20. The highest BCUT2D eigenvalue weighted by atomic mass is 19.4. The molecule has 0 aromatic heterocycles. The Kier molecular flexibility index (Phi) is 7.74. The molecule has 0 saturated carbocycles. The lowest BCUT2D eigenvalue weighted by Crippen LogP contribution is -2.35. The Labute approximate surface area is 226 Å². The first-order valence-corrected chi connectivity index (χ1v) is 12.9. The number of carbonyl (C=O) groups is 2. The van der Waals surface area contributed by atoms with Gasteiger partial charge in [0.2, 0.25) is 0 Å². The van der Waals surface area contributed by atoms with Crippen LogP contribution in [0.1, 0.15) is 74.0 Å². The van der Waals surface area contributed by atoms with Crippen LogP contribution in [0.4, 0.5) is 18.0 Å². The molecule has 2 aromatic carbocycles. The number of nitrogens with zero attached hydrogens (tertiary/aromatic N) is 1. The molecule has 1 saturated heterocycles. The van der Waals surface area contributed by atoms with Gasteiger partial charge in [0.05, 0.1) is 25.1 Å². The summed E-state index contributed by atoms with van der Waals surface area (Å²) in [6.07, 6.45) is -3.75. The standard InChI is InChI=1S/C30H34F3NO5/c1-17-10-20(14-22(11-17)30(31,32)33)27-18(2)34(28(37)39-27)16-21-15-29(3,4)9-8-23(21)24-12-19(13-26(35)36)6-7-25(24)38-5/h6-7,10-12,14,18,27H,8-9,13,15-16H2,1-5H3,(H,35,36)/t18-,27-/m0/s1. The van der Waals surface area contributed by atoms with Crippen LogP contribution in [-0.4, -0.2) is 41.8 Å². The molecule has 1 fully saturated rings. The van der Waals surface area contributed by atoms with Crippen LogP contribution in [-0.2, 0) is 22.1 Å². The SMILES string of the molecule is COc1ccc(CC(=O)O)cc1C1=C(CN2C(=O)O[C@H](c3cc(C)cc(C(F)(F)F)c3)[C@@H]2C)CC(C)(C)CC1. The number of benzene rings is 2. The van der Waals surface area contributed by atoms with Crippen molar-refractivity contribution >= 4 is 17.6 Å². The van der Waals surface area contributed by atoms with Crippen LogP contribution in [0.25, 0.3) is 5.57 Å². The van der Waals surface area contributed by atoms with Gasteiger partial charge in [0.25, 0.3) is 0 Å². The van der Waals surface area contributed by atoms with Crippen molar-refractivity contribution in [2.45, 2.75) is 71.7 Å². The summed E-state index contributed by atoms with van der Waals surface area (Å²) >= 11 is 0. The number of rotatable bonds is 7. The lowest BCUT2D eigenvalue weighted by Gasteiger charge is -2.36. The highest BCUT2D eigenvalue weighted by molar-refractivity contribution is 5.78. The number of methoxy groups -OCH3 is 1. The van der Waals surface area contributed by atoms with Gasteiger partial charge in [0, 0.05) is 12.1 Å². The molecule has 39 heavy (non-hydrogen) atoms. The quantitative estimate of drug-likeness (QED) is 0.398. The lowest BCUT2D eigenvalue weighted by molar-refractivity contribution is -0.138. The molecule has 0 bridgehead atoms. The summed E-state index contributed by atoms with van der Waals surface area (Å²) in [6, 6.07) is 8.58. The van der Waals surface area contributed by atoms with Gasteiger partial charge < -0.3 is 14.6 Å². The van der Waals surface area contributed by atoms with Crippen molar-refractivity contribution in [3.8, 4) is 5.75 Å². The summed E-state index contributed by atoms with van der Waals surface area (Å²) < 4.78 is 51.7. The molecule has 1 aliphatic heterocycles. The second kappa shape index (κ2) is 10.6. The Bertz CT molecular complexity index is 1310. The Morgan fingerprint density at radius 2 is 1.92 bits per heavy atom. The van der Waals surface area contributed by atoms with Crippen LogP contribution < -0.4 is 4.74 Å². The molecule has 210 valence electrons. The second-order valence-corrected chi connectivity index (χ2v) is 11.3. The number of hydrogen-bond donors (Lipinski definition) is 1. The van der Waals surface area contributed by atoms with Crippen molar-refractivity contribution in [3.05, 3.63) is 69.8 Å². The number of amides is 1. The van der Waals surface area contributed by atoms with Crippen molar-refractivity contribution in [1.29, 1.82) is 0 Å². The van der Waals surface area contributed by atoms with Crippen molar-refractivity contribution < 1.29 is 37.3 Å². The Hall–Kier alpha value is -3.49. The molecule has 0 radical (unpaired) electrons. The van der Waals surface area contributed by atoms with Crippen LogP contribution in [0.15, 0.2) is 42.0 Å². The maximum Gasteiger partial charge on any atom is 0.416 e. The number of carbonyl (C=O) groups excluding carboxylic acids is 1. The van der Waals surface area contributed by atoms with Crippen LogP contribution in [0.3, 0.4) is 0 Å². The van der Waals surface area contributed by atoms with E-state index in [4.69, 9.17) is 9.47 Å². The average molecular weight is 546 g/mol. The van der Waals surface area contributed by atoms with Gasteiger partial charge in [-0.3, -0.25) is 9.69 Å². The zero-order chi connectivity index (χ0) is 28.7. The van der Waals surface area contributed by atoms with E-state index in [0.29, 0.717) is 35.3 Å². The van der Waals surface area contributed by atoms with Gasteiger partial charge in [-0.25, -0.2) is 4.79 Å². The molecule has 1 N–H and O–H groups in total. The van der Waals surface area contributed by atoms with E-state index in [-0.39, 0.29) is 18.4 Å². The van der Waals surface area contributed by atoms with Crippen LogP contribution in [0.2, 0.25) is 0 Å². The minimum Gasteiger partial charge on any atom is -0.496 e. The largest absolute Gasteiger partial charge is 0.496 e. The maximum atomic E-state index is 13.5.